The molecular formula is C22H28ClN5O2. The van der Waals surface area contributed by atoms with E-state index < -0.39 is 0 Å². The monoisotopic (exact) mass is 429 g/mol. The SMILES string of the molecule is CNC(=O)[C@H]1CC[C@@H](CC(=O)Nc2cc(-c3cnn4c3CC(C)(C)C4)c(Cl)cn2)C1. The van der Waals surface area contributed by atoms with Crippen molar-refractivity contribution < 1.29 is 9.59 Å². The summed E-state index contributed by atoms with van der Waals surface area (Å²) in [7, 11) is 1.66. The van der Waals surface area contributed by atoms with Gasteiger partial charge in [-0.3, -0.25) is 14.3 Å². The van der Waals surface area contributed by atoms with E-state index in [9.17, 15) is 9.59 Å². The third kappa shape index (κ3) is 4.21. The minimum Gasteiger partial charge on any atom is -0.359 e. The van der Waals surface area contributed by atoms with Crippen molar-refractivity contribution in [1.29, 1.82) is 0 Å². The number of hydrogen-bond acceptors (Lipinski definition) is 4. The van der Waals surface area contributed by atoms with Crippen LogP contribution in [0.15, 0.2) is 18.5 Å². The number of fused-ring (bicyclic) bond motifs is 1. The smallest absolute Gasteiger partial charge is 0.225 e. The van der Waals surface area contributed by atoms with Crippen LogP contribution in [0.3, 0.4) is 0 Å². The van der Waals surface area contributed by atoms with E-state index >= 15 is 0 Å². The van der Waals surface area contributed by atoms with Crippen LogP contribution in [0.4, 0.5) is 5.82 Å². The van der Waals surface area contributed by atoms with Crippen LogP contribution in [0.2, 0.25) is 5.02 Å². The molecule has 2 aliphatic rings. The molecular weight excluding hydrogens is 402 g/mol. The summed E-state index contributed by atoms with van der Waals surface area (Å²) < 4.78 is 2.04. The van der Waals surface area contributed by atoms with Gasteiger partial charge in [-0.05, 0) is 43.1 Å². The summed E-state index contributed by atoms with van der Waals surface area (Å²) >= 11 is 6.44. The summed E-state index contributed by atoms with van der Waals surface area (Å²) in [5.74, 6) is 0.706. The largest absolute Gasteiger partial charge is 0.359 e. The Balaban J connectivity index is 1.45. The number of halogens is 1. The summed E-state index contributed by atoms with van der Waals surface area (Å²) in [6.07, 6.45) is 7.22. The van der Waals surface area contributed by atoms with Crippen molar-refractivity contribution in [3.05, 3.63) is 29.2 Å². The van der Waals surface area contributed by atoms with Crippen LogP contribution < -0.4 is 10.6 Å². The molecule has 0 unspecified atom stereocenters. The Hall–Kier alpha value is -2.41. The van der Waals surface area contributed by atoms with Gasteiger partial charge in [0.25, 0.3) is 0 Å². The molecule has 2 atom stereocenters. The Kier molecular flexibility index (Phi) is 5.57. The maximum Gasteiger partial charge on any atom is 0.225 e. The Labute approximate surface area is 181 Å². The molecule has 2 aromatic heterocycles. The van der Waals surface area contributed by atoms with E-state index in [2.05, 4.69) is 34.6 Å². The average Bonchev–Trinajstić information content (AvgIpc) is 3.37. The number of aromatic nitrogens is 3. The number of amides is 2. The number of nitrogens with zero attached hydrogens (tertiary/aromatic N) is 3. The van der Waals surface area contributed by atoms with Crippen molar-refractivity contribution in [3.63, 3.8) is 0 Å². The van der Waals surface area contributed by atoms with Crippen molar-refractivity contribution in [2.45, 2.75) is 52.5 Å². The summed E-state index contributed by atoms with van der Waals surface area (Å²) in [6, 6.07) is 1.82. The van der Waals surface area contributed by atoms with Crippen LogP contribution in [0.5, 0.6) is 0 Å². The van der Waals surface area contributed by atoms with E-state index in [-0.39, 0.29) is 29.1 Å². The molecule has 1 aliphatic carbocycles. The van der Waals surface area contributed by atoms with Crippen molar-refractivity contribution in [2.24, 2.45) is 17.3 Å². The Bertz CT molecular complexity index is 984. The first-order valence-electron chi connectivity index (χ1n) is 10.5. The van der Waals surface area contributed by atoms with E-state index in [0.29, 0.717) is 17.3 Å². The highest BCUT2D eigenvalue weighted by Crippen LogP contribution is 2.39. The van der Waals surface area contributed by atoms with Gasteiger partial charge in [0.15, 0.2) is 0 Å². The lowest BCUT2D eigenvalue weighted by atomic mass is 9.89. The van der Waals surface area contributed by atoms with Gasteiger partial charge in [-0.2, -0.15) is 5.10 Å². The fourth-order valence-electron chi connectivity index (χ4n) is 4.75. The molecule has 30 heavy (non-hydrogen) atoms. The number of hydrogen-bond donors (Lipinski definition) is 2. The van der Waals surface area contributed by atoms with Gasteiger partial charge < -0.3 is 10.6 Å². The molecule has 4 rings (SSSR count). The van der Waals surface area contributed by atoms with E-state index in [1.165, 1.54) is 0 Å². The summed E-state index contributed by atoms with van der Waals surface area (Å²) in [5, 5.41) is 10.7. The third-order valence-electron chi connectivity index (χ3n) is 6.22. The molecule has 3 heterocycles. The Morgan fingerprint density at radius 1 is 1.27 bits per heavy atom. The first-order valence-corrected chi connectivity index (χ1v) is 10.9. The van der Waals surface area contributed by atoms with Gasteiger partial charge >= 0.3 is 0 Å². The number of anilines is 1. The number of carbonyl (C=O) groups excluding carboxylic acids is 2. The van der Waals surface area contributed by atoms with E-state index in [1.54, 1.807) is 13.2 Å². The van der Waals surface area contributed by atoms with E-state index in [0.717, 1.165) is 49.0 Å². The van der Waals surface area contributed by atoms with Gasteiger partial charge in [-0.25, -0.2) is 4.98 Å². The highest BCUT2D eigenvalue weighted by Gasteiger charge is 2.33. The van der Waals surface area contributed by atoms with Crippen LogP contribution in [0.1, 0.15) is 45.2 Å². The summed E-state index contributed by atoms with van der Waals surface area (Å²) in [5.41, 5.74) is 3.16. The maximum absolute atomic E-state index is 12.6. The molecule has 2 amide bonds. The predicted molar refractivity (Wildman–Crippen MR) is 116 cm³/mol. The first-order chi connectivity index (χ1) is 14.3. The van der Waals surface area contributed by atoms with Crippen LogP contribution in [-0.2, 0) is 22.6 Å². The fourth-order valence-corrected chi connectivity index (χ4v) is 4.95. The summed E-state index contributed by atoms with van der Waals surface area (Å²) in [4.78, 5) is 28.7. The average molecular weight is 430 g/mol. The molecule has 2 aromatic rings. The Morgan fingerprint density at radius 2 is 2.07 bits per heavy atom. The highest BCUT2D eigenvalue weighted by molar-refractivity contribution is 6.33. The molecule has 8 heteroatoms. The van der Waals surface area contributed by atoms with Gasteiger partial charge in [0.1, 0.15) is 5.82 Å². The maximum atomic E-state index is 12.6. The lowest BCUT2D eigenvalue weighted by molar-refractivity contribution is -0.124. The first kappa shape index (κ1) is 20.8. The van der Waals surface area contributed by atoms with Crippen LogP contribution >= 0.6 is 11.6 Å². The normalized spacial score (nSPS) is 22.0. The molecule has 0 aromatic carbocycles. The summed E-state index contributed by atoms with van der Waals surface area (Å²) in [6.45, 7) is 5.33. The van der Waals surface area contributed by atoms with Gasteiger partial charge in [0.05, 0.1) is 11.2 Å². The molecule has 0 spiro atoms. The number of nitrogens with one attached hydrogen (secondary N) is 2. The lowest BCUT2D eigenvalue weighted by Crippen LogP contribution is -2.25. The van der Waals surface area contributed by atoms with Crippen LogP contribution in [-0.4, -0.2) is 33.6 Å². The molecule has 0 bridgehead atoms. The van der Waals surface area contributed by atoms with E-state index in [4.69, 9.17) is 11.6 Å². The van der Waals surface area contributed by atoms with Crippen molar-refractivity contribution in [2.75, 3.05) is 12.4 Å². The topological polar surface area (TPSA) is 88.9 Å². The predicted octanol–water partition coefficient (Wildman–Crippen LogP) is 3.67. The lowest BCUT2D eigenvalue weighted by Gasteiger charge is -2.15. The number of pyridine rings is 1. The second kappa shape index (κ2) is 8.02. The van der Waals surface area contributed by atoms with Crippen LogP contribution in [0, 0.1) is 17.3 Å². The molecule has 1 saturated carbocycles. The molecule has 0 radical (unpaired) electrons. The van der Waals surface area contributed by atoms with Gasteiger partial charge in [-0.1, -0.05) is 25.4 Å². The quantitative estimate of drug-likeness (QED) is 0.758. The standard InChI is InChI=1S/C22H28ClN5O2/c1-22(2)9-18-16(10-26-28(18)12-22)15-8-19(25-11-17(15)23)27-20(29)7-13-4-5-14(6-13)21(30)24-3/h8,10-11,13-14H,4-7,9,12H2,1-3H3,(H,24,30)(H,25,27,29)/t13-,14+/m1/s1. The zero-order chi connectivity index (χ0) is 21.5. The second-order valence-electron chi connectivity index (χ2n) is 9.30. The minimum atomic E-state index is -0.0836. The third-order valence-corrected chi connectivity index (χ3v) is 6.52. The second-order valence-corrected chi connectivity index (χ2v) is 9.70. The van der Waals surface area contributed by atoms with Gasteiger partial charge in [0, 0.05) is 48.9 Å². The highest BCUT2D eigenvalue weighted by atomic mass is 35.5. The minimum absolute atomic E-state index is 0.0155. The molecule has 160 valence electrons. The van der Waals surface area contributed by atoms with Crippen molar-refractivity contribution in [1.82, 2.24) is 20.1 Å². The fraction of sp³-hybridized carbons (Fsp3) is 0.545. The molecule has 0 saturated heterocycles. The molecule has 2 N–H and O–H groups in total. The molecule has 1 aliphatic heterocycles. The molecule has 1 fully saturated rings. The molecule has 7 nitrogen and oxygen atoms in total. The van der Waals surface area contributed by atoms with Crippen LogP contribution in [0.25, 0.3) is 11.1 Å². The zero-order valence-corrected chi connectivity index (χ0v) is 18.4. The van der Waals surface area contributed by atoms with Gasteiger partial charge in [0.2, 0.25) is 11.8 Å². The van der Waals surface area contributed by atoms with Crippen molar-refractivity contribution >= 4 is 29.2 Å². The van der Waals surface area contributed by atoms with Gasteiger partial charge in [-0.15, -0.1) is 0 Å². The zero-order valence-electron chi connectivity index (χ0n) is 17.7. The van der Waals surface area contributed by atoms with E-state index in [1.807, 2.05) is 16.9 Å². The van der Waals surface area contributed by atoms with Crippen molar-refractivity contribution in [3.8, 4) is 11.1 Å². The number of carbonyl (C=O) groups is 2. The number of rotatable bonds is 5. The Morgan fingerprint density at radius 3 is 2.83 bits per heavy atom.